The molecule has 0 aliphatic carbocycles. The molecule has 1 aromatic carbocycles. The Bertz CT molecular complexity index is 916. The van der Waals surface area contributed by atoms with E-state index in [0.717, 1.165) is 26.4 Å². The molecular weight excluding hydrogens is 320 g/mol. The van der Waals surface area contributed by atoms with Gasteiger partial charge in [0.15, 0.2) is 9.84 Å². The highest BCUT2D eigenvalue weighted by Gasteiger charge is 2.10. The van der Waals surface area contributed by atoms with Crippen LogP contribution in [0, 0.1) is 0 Å². The van der Waals surface area contributed by atoms with E-state index in [1.165, 1.54) is 17.6 Å². The van der Waals surface area contributed by atoms with E-state index in [-0.39, 0.29) is 5.75 Å². The quantitative estimate of drug-likeness (QED) is 0.734. The third-order valence-electron chi connectivity index (χ3n) is 3.07. The molecule has 0 unspecified atom stereocenters. The van der Waals surface area contributed by atoms with Gasteiger partial charge >= 0.3 is 0 Å². The fourth-order valence-corrected chi connectivity index (χ4v) is 3.92. The first kappa shape index (κ1) is 14.9. The smallest absolute Gasteiger partial charge is 0.212 e. The molecule has 0 spiro atoms. The van der Waals surface area contributed by atoms with Crippen molar-refractivity contribution in [1.82, 2.24) is 9.97 Å². The molecule has 7 heteroatoms. The summed E-state index contributed by atoms with van der Waals surface area (Å²) in [4.78, 5) is 8.74. The molecule has 5 nitrogen and oxygen atoms in total. The van der Waals surface area contributed by atoms with Crippen LogP contribution in [0.4, 0.5) is 0 Å². The van der Waals surface area contributed by atoms with Crippen LogP contribution < -0.4 is 4.74 Å². The molecule has 0 radical (unpaired) electrons. The molecule has 0 aliphatic rings. The number of hydrogen-bond donors (Lipinski definition) is 0. The van der Waals surface area contributed by atoms with Crippen LogP contribution in [0.3, 0.4) is 0 Å². The van der Waals surface area contributed by atoms with Crippen LogP contribution >= 0.6 is 11.3 Å². The maximum atomic E-state index is 11.4. The van der Waals surface area contributed by atoms with Crippen LogP contribution in [0.25, 0.3) is 20.8 Å². The molecule has 0 bridgehead atoms. The first-order valence-electron chi connectivity index (χ1n) is 6.52. The lowest BCUT2D eigenvalue weighted by atomic mass is 10.2. The van der Waals surface area contributed by atoms with Crippen molar-refractivity contribution in [3.8, 4) is 16.5 Å². The van der Waals surface area contributed by atoms with Crippen molar-refractivity contribution >= 4 is 31.4 Å². The zero-order valence-corrected chi connectivity index (χ0v) is 13.7. The van der Waals surface area contributed by atoms with Gasteiger partial charge in [-0.25, -0.2) is 18.4 Å². The van der Waals surface area contributed by atoms with Crippen molar-refractivity contribution in [2.24, 2.45) is 0 Å². The lowest BCUT2D eigenvalue weighted by molar-refractivity contribution is 0.398. The summed E-state index contributed by atoms with van der Waals surface area (Å²) >= 11 is 1.52. The summed E-state index contributed by atoms with van der Waals surface area (Å²) in [5.74, 6) is 0.598. The third kappa shape index (κ3) is 3.26. The Hall–Kier alpha value is -1.99. The molecule has 3 aromatic rings. The summed E-state index contributed by atoms with van der Waals surface area (Å²) in [5.41, 5.74) is 2.54. The van der Waals surface area contributed by atoms with Gasteiger partial charge in [0.1, 0.15) is 5.01 Å². The molecule has 3 rings (SSSR count). The van der Waals surface area contributed by atoms with Crippen LogP contribution in [-0.4, -0.2) is 31.8 Å². The summed E-state index contributed by atoms with van der Waals surface area (Å²) in [5, 5.41) is 0.849. The van der Waals surface area contributed by atoms with Crippen molar-refractivity contribution in [2.75, 3.05) is 13.4 Å². The van der Waals surface area contributed by atoms with Crippen molar-refractivity contribution in [2.45, 2.75) is 5.75 Å². The standard InChI is InChI=1S/C15H14N2O3S2/c1-20-14-6-4-11(8-16-14)15-17-12-5-3-10(7-13(12)21-15)9-22(2,18)19/h3-8H,9H2,1-2H3. The van der Waals surface area contributed by atoms with Crippen LogP contribution in [0.2, 0.25) is 0 Å². The van der Waals surface area contributed by atoms with Gasteiger partial charge in [0.2, 0.25) is 5.88 Å². The van der Waals surface area contributed by atoms with Gasteiger partial charge in [-0.1, -0.05) is 6.07 Å². The van der Waals surface area contributed by atoms with Crippen LogP contribution in [0.1, 0.15) is 5.56 Å². The van der Waals surface area contributed by atoms with E-state index in [4.69, 9.17) is 4.74 Å². The number of hydrogen-bond acceptors (Lipinski definition) is 6. The predicted molar refractivity (Wildman–Crippen MR) is 88.0 cm³/mol. The SMILES string of the molecule is COc1ccc(-c2nc3ccc(CS(C)(=O)=O)cc3s2)cn1. The maximum absolute atomic E-state index is 11.4. The summed E-state index contributed by atoms with van der Waals surface area (Å²) in [6.07, 6.45) is 2.95. The number of fused-ring (bicyclic) bond motifs is 1. The third-order valence-corrected chi connectivity index (χ3v) is 5.00. The predicted octanol–water partition coefficient (Wildman–Crippen LogP) is 2.91. The molecule has 0 saturated heterocycles. The van der Waals surface area contributed by atoms with Gasteiger partial charge in [-0.15, -0.1) is 11.3 Å². The Morgan fingerprint density at radius 1 is 1.23 bits per heavy atom. The molecule has 22 heavy (non-hydrogen) atoms. The van der Waals surface area contributed by atoms with Gasteiger partial charge in [-0.2, -0.15) is 0 Å². The van der Waals surface area contributed by atoms with Gasteiger partial charge in [0.05, 0.1) is 23.1 Å². The Labute approximate surface area is 132 Å². The average Bonchev–Trinajstić information content (AvgIpc) is 2.89. The number of aromatic nitrogens is 2. The number of ether oxygens (including phenoxy) is 1. The molecule has 2 heterocycles. The van der Waals surface area contributed by atoms with E-state index in [1.54, 1.807) is 25.4 Å². The second kappa shape index (κ2) is 5.66. The fourth-order valence-electron chi connectivity index (χ4n) is 2.11. The first-order valence-corrected chi connectivity index (χ1v) is 9.40. The van der Waals surface area contributed by atoms with Gasteiger partial charge in [0.25, 0.3) is 0 Å². The lowest BCUT2D eigenvalue weighted by Gasteiger charge is -1.98. The number of methoxy groups -OCH3 is 1. The highest BCUT2D eigenvalue weighted by molar-refractivity contribution is 7.89. The number of thiazole rings is 1. The normalized spacial score (nSPS) is 11.7. The molecule has 2 aromatic heterocycles. The molecule has 0 fully saturated rings. The van der Waals surface area contributed by atoms with Gasteiger partial charge in [-0.3, -0.25) is 0 Å². The van der Waals surface area contributed by atoms with Crippen LogP contribution in [0.5, 0.6) is 5.88 Å². The van der Waals surface area contributed by atoms with Gasteiger partial charge < -0.3 is 4.74 Å². The highest BCUT2D eigenvalue weighted by Crippen LogP contribution is 2.31. The summed E-state index contributed by atoms with van der Waals surface area (Å²) in [7, 11) is -1.47. The number of rotatable bonds is 4. The van der Waals surface area contributed by atoms with E-state index in [9.17, 15) is 8.42 Å². The summed E-state index contributed by atoms with van der Waals surface area (Å²) < 4.78 is 28.8. The Morgan fingerprint density at radius 2 is 2.05 bits per heavy atom. The summed E-state index contributed by atoms with van der Waals surface area (Å²) in [6.45, 7) is 0. The lowest BCUT2D eigenvalue weighted by Crippen LogP contribution is -2.00. The van der Waals surface area contributed by atoms with Crippen molar-refractivity contribution in [3.05, 3.63) is 42.1 Å². The largest absolute Gasteiger partial charge is 0.481 e. The Balaban J connectivity index is 1.98. The second-order valence-electron chi connectivity index (χ2n) is 4.98. The van der Waals surface area contributed by atoms with Crippen molar-refractivity contribution in [3.63, 3.8) is 0 Å². The van der Waals surface area contributed by atoms with E-state index in [1.807, 2.05) is 18.2 Å². The number of benzene rings is 1. The maximum Gasteiger partial charge on any atom is 0.212 e. The molecule has 0 amide bonds. The van der Waals surface area contributed by atoms with E-state index < -0.39 is 9.84 Å². The zero-order valence-electron chi connectivity index (χ0n) is 12.1. The number of nitrogens with zero attached hydrogens (tertiary/aromatic N) is 2. The molecule has 114 valence electrons. The summed E-state index contributed by atoms with van der Waals surface area (Å²) in [6, 6.07) is 9.23. The van der Waals surface area contributed by atoms with Crippen molar-refractivity contribution in [1.29, 1.82) is 0 Å². The molecule has 0 N–H and O–H groups in total. The molecule has 0 atom stereocenters. The second-order valence-corrected chi connectivity index (χ2v) is 8.15. The fraction of sp³-hybridized carbons (Fsp3) is 0.200. The number of pyridine rings is 1. The minimum Gasteiger partial charge on any atom is -0.481 e. The molecule has 0 aliphatic heterocycles. The molecule has 0 saturated carbocycles. The average molecular weight is 334 g/mol. The monoisotopic (exact) mass is 334 g/mol. The highest BCUT2D eigenvalue weighted by atomic mass is 32.2. The van der Waals surface area contributed by atoms with Crippen LogP contribution in [0.15, 0.2) is 36.5 Å². The molecular formula is C15H14N2O3S2. The minimum absolute atomic E-state index is 0.0419. The number of sulfone groups is 1. The van der Waals surface area contributed by atoms with Gasteiger partial charge in [-0.05, 0) is 23.8 Å². The van der Waals surface area contributed by atoms with E-state index >= 15 is 0 Å². The first-order chi connectivity index (χ1) is 10.4. The minimum atomic E-state index is -3.04. The van der Waals surface area contributed by atoms with E-state index in [0.29, 0.717) is 5.88 Å². The Morgan fingerprint density at radius 3 is 2.68 bits per heavy atom. The van der Waals surface area contributed by atoms with Crippen molar-refractivity contribution < 1.29 is 13.2 Å². The topological polar surface area (TPSA) is 69.2 Å². The van der Waals surface area contributed by atoms with E-state index in [2.05, 4.69) is 9.97 Å². The van der Waals surface area contributed by atoms with Gasteiger partial charge in [0, 0.05) is 24.1 Å². The zero-order chi connectivity index (χ0) is 15.7. The van der Waals surface area contributed by atoms with Crippen LogP contribution in [-0.2, 0) is 15.6 Å². The Kier molecular flexibility index (Phi) is 3.84.